The van der Waals surface area contributed by atoms with Gasteiger partial charge in [-0.2, -0.15) is 5.10 Å². The highest BCUT2D eigenvalue weighted by Gasteiger charge is 2.25. The van der Waals surface area contributed by atoms with E-state index in [-0.39, 0.29) is 5.84 Å². The molecule has 1 aromatic heterocycles. The molecule has 106 valence electrons. The molecule has 2 rings (SSSR count). The predicted octanol–water partition coefficient (Wildman–Crippen LogP) is -0.0351. The predicted molar refractivity (Wildman–Crippen MR) is 74.8 cm³/mol. The first-order valence-corrected chi connectivity index (χ1v) is 6.57. The number of aromatic nitrogens is 2. The highest BCUT2D eigenvalue weighted by atomic mass is 16.4. The summed E-state index contributed by atoms with van der Waals surface area (Å²) in [6, 6.07) is 0. The van der Waals surface area contributed by atoms with Gasteiger partial charge in [0.2, 0.25) is 0 Å². The SMILES string of the molecule is CCN1CCN(c2c(C(N)=NO)c(C)nn2C)CC1. The van der Waals surface area contributed by atoms with Crippen LogP contribution in [-0.4, -0.2) is 58.4 Å². The summed E-state index contributed by atoms with van der Waals surface area (Å²) in [5, 5.41) is 16.4. The van der Waals surface area contributed by atoms with Crippen LogP contribution in [0.15, 0.2) is 5.16 Å². The summed E-state index contributed by atoms with van der Waals surface area (Å²) in [6.07, 6.45) is 0. The van der Waals surface area contributed by atoms with Crippen molar-refractivity contribution in [2.45, 2.75) is 13.8 Å². The highest BCUT2D eigenvalue weighted by Crippen LogP contribution is 2.24. The molecule has 0 bridgehead atoms. The Morgan fingerprint density at radius 1 is 1.37 bits per heavy atom. The average Bonchev–Trinajstić information content (AvgIpc) is 2.72. The second kappa shape index (κ2) is 5.48. The zero-order valence-electron chi connectivity index (χ0n) is 11.8. The standard InChI is InChI=1S/C12H22N6O/c1-4-17-5-7-18(8-6-17)12-10(11(13)15-19)9(2)14-16(12)3/h19H,4-8H2,1-3H3,(H2,13,15). The third-order valence-electron chi connectivity index (χ3n) is 3.67. The van der Waals surface area contributed by atoms with Crippen molar-refractivity contribution in [2.24, 2.45) is 17.9 Å². The van der Waals surface area contributed by atoms with Gasteiger partial charge in [0.1, 0.15) is 5.82 Å². The quantitative estimate of drug-likeness (QED) is 0.347. The summed E-state index contributed by atoms with van der Waals surface area (Å²) in [5.74, 6) is 1.06. The summed E-state index contributed by atoms with van der Waals surface area (Å²) in [5.41, 5.74) is 7.29. The molecule has 0 spiro atoms. The molecule has 2 heterocycles. The Hall–Kier alpha value is -1.76. The van der Waals surface area contributed by atoms with Gasteiger partial charge in [-0.3, -0.25) is 4.68 Å². The maximum absolute atomic E-state index is 8.92. The van der Waals surface area contributed by atoms with Crippen molar-refractivity contribution in [1.29, 1.82) is 0 Å². The van der Waals surface area contributed by atoms with Crippen LogP contribution in [0, 0.1) is 6.92 Å². The van der Waals surface area contributed by atoms with Crippen LogP contribution in [-0.2, 0) is 7.05 Å². The number of nitrogens with two attached hydrogens (primary N) is 1. The van der Waals surface area contributed by atoms with E-state index in [0.717, 1.165) is 49.8 Å². The molecule has 3 N–H and O–H groups in total. The third kappa shape index (κ3) is 2.51. The maximum Gasteiger partial charge on any atom is 0.175 e. The third-order valence-corrected chi connectivity index (χ3v) is 3.67. The molecule has 7 heteroatoms. The van der Waals surface area contributed by atoms with Crippen LogP contribution in [0.5, 0.6) is 0 Å². The number of anilines is 1. The molecule has 0 saturated carbocycles. The fraction of sp³-hybridized carbons (Fsp3) is 0.667. The van der Waals surface area contributed by atoms with E-state index in [2.05, 4.69) is 27.0 Å². The average molecular weight is 266 g/mol. The van der Waals surface area contributed by atoms with Gasteiger partial charge < -0.3 is 20.7 Å². The first-order valence-electron chi connectivity index (χ1n) is 6.57. The van der Waals surface area contributed by atoms with Crippen molar-refractivity contribution in [1.82, 2.24) is 14.7 Å². The number of rotatable bonds is 3. The van der Waals surface area contributed by atoms with E-state index in [9.17, 15) is 0 Å². The fourth-order valence-corrected chi connectivity index (χ4v) is 2.63. The summed E-state index contributed by atoms with van der Waals surface area (Å²) < 4.78 is 1.81. The van der Waals surface area contributed by atoms with Crippen molar-refractivity contribution < 1.29 is 5.21 Å². The Labute approximate surface area is 113 Å². The van der Waals surface area contributed by atoms with Crippen molar-refractivity contribution in [3.05, 3.63) is 11.3 Å². The fourth-order valence-electron chi connectivity index (χ4n) is 2.63. The van der Waals surface area contributed by atoms with Crippen LogP contribution in [0.25, 0.3) is 0 Å². The minimum Gasteiger partial charge on any atom is -0.409 e. The van der Waals surface area contributed by atoms with Crippen LogP contribution < -0.4 is 10.6 Å². The van der Waals surface area contributed by atoms with E-state index in [4.69, 9.17) is 10.9 Å². The van der Waals surface area contributed by atoms with Gasteiger partial charge in [-0.05, 0) is 13.5 Å². The molecular weight excluding hydrogens is 244 g/mol. The molecule has 7 nitrogen and oxygen atoms in total. The van der Waals surface area contributed by atoms with Gasteiger partial charge >= 0.3 is 0 Å². The first-order chi connectivity index (χ1) is 9.08. The van der Waals surface area contributed by atoms with E-state index in [1.54, 1.807) is 0 Å². The van der Waals surface area contributed by atoms with Gasteiger partial charge in [-0.25, -0.2) is 0 Å². The molecule has 0 aromatic carbocycles. The van der Waals surface area contributed by atoms with Gasteiger partial charge in [0, 0.05) is 33.2 Å². The zero-order chi connectivity index (χ0) is 14.0. The molecule has 1 aliphatic rings. The van der Waals surface area contributed by atoms with Crippen LogP contribution in [0.4, 0.5) is 5.82 Å². The summed E-state index contributed by atoms with van der Waals surface area (Å²) in [4.78, 5) is 4.66. The van der Waals surface area contributed by atoms with Gasteiger partial charge in [0.05, 0.1) is 11.3 Å². The topological polar surface area (TPSA) is 82.9 Å². The molecule has 1 fully saturated rings. The smallest absolute Gasteiger partial charge is 0.175 e. The number of aryl methyl sites for hydroxylation is 2. The molecule has 1 aromatic rings. The van der Waals surface area contributed by atoms with Crippen molar-refractivity contribution in [3.63, 3.8) is 0 Å². The van der Waals surface area contributed by atoms with E-state index < -0.39 is 0 Å². The lowest BCUT2D eigenvalue weighted by molar-refractivity contribution is 0.269. The maximum atomic E-state index is 8.92. The molecule has 0 atom stereocenters. The number of amidine groups is 1. The molecule has 1 saturated heterocycles. The molecule has 19 heavy (non-hydrogen) atoms. The second-order valence-electron chi connectivity index (χ2n) is 4.81. The molecule has 0 amide bonds. The minimum absolute atomic E-state index is 0.124. The van der Waals surface area contributed by atoms with E-state index >= 15 is 0 Å². The molecular formula is C12H22N6O. The summed E-state index contributed by atoms with van der Waals surface area (Å²) in [7, 11) is 1.89. The van der Waals surface area contributed by atoms with E-state index in [0.29, 0.717) is 0 Å². The lowest BCUT2D eigenvalue weighted by Crippen LogP contribution is -2.47. The van der Waals surface area contributed by atoms with Crippen LogP contribution in [0.2, 0.25) is 0 Å². The van der Waals surface area contributed by atoms with Crippen molar-refractivity contribution in [3.8, 4) is 0 Å². The lowest BCUT2D eigenvalue weighted by atomic mass is 10.2. The number of nitrogens with zero attached hydrogens (tertiary/aromatic N) is 5. The van der Waals surface area contributed by atoms with Crippen LogP contribution in [0.1, 0.15) is 18.2 Å². The zero-order valence-corrected chi connectivity index (χ0v) is 11.8. The van der Waals surface area contributed by atoms with Crippen molar-refractivity contribution in [2.75, 3.05) is 37.6 Å². The highest BCUT2D eigenvalue weighted by molar-refractivity contribution is 6.02. The number of oxime groups is 1. The Bertz CT molecular complexity index is 473. The lowest BCUT2D eigenvalue weighted by Gasteiger charge is -2.35. The van der Waals surface area contributed by atoms with Gasteiger partial charge in [0.25, 0.3) is 0 Å². The van der Waals surface area contributed by atoms with E-state index in [1.807, 2.05) is 18.7 Å². The van der Waals surface area contributed by atoms with Gasteiger partial charge in [0.15, 0.2) is 5.84 Å². The number of likely N-dealkylation sites (N-methyl/N-ethyl adjacent to an activating group) is 1. The normalized spacial score (nSPS) is 18.1. The molecule has 0 unspecified atom stereocenters. The second-order valence-corrected chi connectivity index (χ2v) is 4.81. The van der Waals surface area contributed by atoms with E-state index in [1.165, 1.54) is 0 Å². The largest absolute Gasteiger partial charge is 0.409 e. The molecule has 0 radical (unpaired) electrons. The molecule has 1 aliphatic heterocycles. The number of hydrogen-bond acceptors (Lipinski definition) is 5. The van der Waals surface area contributed by atoms with Crippen LogP contribution >= 0.6 is 0 Å². The Balaban J connectivity index is 2.30. The summed E-state index contributed by atoms with van der Waals surface area (Å²) >= 11 is 0. The van der Waals surface area contributed by atoms with Crippen molar-refractivity contribution >= 4 is 11.7 Å². The Morgan fingerprint density at radius 3 is 2.53 bits per heavy atom. The Kier molecular flexibility index (Phi) is 3.94. The van der Waals surface area contributed by atoms with Crippen LogP contribution in [0.3, 0.4) is 0 Å². The van der Waals surface area contributed by atoms with Gasteiger partial charge in [-0.15, -0.1) is 0 Å². The molecule has 0 aliphatic carbocycles. The van der Waals surface area contributed by atoms with Gasteiger partial charge in [-0.1, -0.05) is 12.1 Å². The first kappa shape index (κ1) is 13.7. The Morgan fingerprint density at radius 2 is 2.00 bits per heavy atom. The monoisotopic (exact) mass is 266 g/mol. The minimum atomic E-state index is 0.124. The number of piperazine rings is 1. The number of hydrogen-bond donors (Lipinski definition) is 2. The summed E-state index contributed by atoms with van der Waals surface area (Å²) in [6.45, 7) is 9.03.